The maximum absolute atomic E-state index is 10.8. The van der Waals surface area contributed by atoms with Crippen LogP contribution in [0.2, 0.25) is 0 Å². The lowest BCUT2D eigenvalue weighted by molar-refractivity contribution is 0.0697. The van der Waals surface area contributed by atoms with Crippen LogP contribution in [-0.2, 0) is 6.54 Å². The van der Waals surface area contributed by atoms with Crippen molar-refractivity contribution in [3.63, 3.8) is 0 Å². The number of nitrogens with zero attached hydrogens (tertiary/aromatic N) is 1. The van der Waals surface area contributed by atoms with Gasteiger partial charge >= 0.3 is 5.97 Å². The molecule has 1 aliphatic heterocycles. The van der Waals surface area contributed by atoms with Gasteiger partial charge in [-0.05, 0) is 32.5 Å². The van der Waals surface area contributed by atoms with E-state index >= 15 is 0 Å². The average molecular weight is 268 g/mol. The zero-order chi connectivity index (χ0) is 13.0. The first-order valence-corrected chi connectivity index (χ1v) is 7.26. The molecular formula is C13H20N2O2S. The SMILES string of the molecule is CN1CCCCC1CNCc1cc(C(=O)O)cs1. The number of rotatable bonds is 5. The molecule has 1 aromatic rings. The second-order valence-electron chi connectivity index (χ2n) is 4.87. The highest BCUT2D eigenvalue weighted by atomic mass is 32.1. The van der Waals surface area contributed by atoms with E-state index in [9.17, 15) is 4.79 Å². The van der Waals surface area contributed by atoms with Crippen LogP contribution in [0.25, 0.3) is 0 Å². The summed E-state index contributed by atoms with van der Waals surface area (Å²) in [4.78, 5) is 14.3. The summed E-state index contributed by atoms with van der Waals surface area (Å²) >= 11 is 1.51. The van der Waals surface area contributed by atoms with Gasteiger partial charge in [-0.1, -0.05) is 6.42 Å². The predicted molar refractivity (Wildman–Crippen MR) is 73.3 cm³/mol. The fourth-order valence-electron chi connectivity index (χ4n) is 2.35. The van der Waals surface area contributed by atoms with Crippen LogP contribution in [0.3, 0.4) is 0 Å². The van der Waals surface area contributed by atoms with E-state index in [4.69, 9.17) is 5.11 Å². The zero-order valence-corrected chi connectivity index (χ0v) is 11.5. The molecule has 2 N–H and O–H groups in total. The van der Waals surface area contributed by atoms with Crippen LogP contribution in [0.5, 0.6) is 0 Å². The van der Waals surface area contributed by atoms with Crippen LogP contribution in [0, 0.1) is 0 Å². The number of likely N-dealkylation sites (N-methyl/N-ethyl adjacent to an activating group) is 1. The third-order valence-corrected chi connectivity index (χ3v) is 4.44. The van der Waals surface area contributed by atoms with Gasteiger partial charge in [-0.25, -0.2) is 4.79 Å². The molecule has 0 bridgehead atoms. The number of nitrogens with one attached hydrogen (secondary N) is 1. The fourth-order valence-corrected chi connectivity index (χ4v) is 3.18. The molecule has 2 rings (SSSR count). The Hall–Kier alpha value is -0.910. The van der Waals surface area contributed by atoms with Gasteiger partial charge < -0.3 is 15.3 Å². The van der Waals surface area contributed by atoms with Crippen molar-refractivity contribution < 1.29 is 9.90 Å². The van der Waals surface area contributed by atoms with Gasteiger partial charge in [0, 0.05) is 29.4 Å². The van der Waals surface area contributed by atoms with Crippen LogP contribution < -0.4 is 5.32 Å². The number of carboxylic acid groups (broad SMARTS) is 1. The van der Waals surface area contributed by atoms with Gasteiger partial charge in [-0.2, -0.15) is 0 Å². The van der Waals surface area contributed by atoms with E-state index in [1.54, 1.807) is 11.4 Å². The molecule has 5 heteroatoms. The first-order valence-electron chi connectivity index (χ1n) is 6.38. The molecule has 0 spiro atoms. The van der Waals surface area contributed by atoms with E-state index in [-0.39, 0.29) is 0 Å². The highest BCUT2D eigenvalue weighted by Crippen LogP contribution is 2.16. The first-order chi connectivity index (χ1) is 8.66. The Balaban J connectivity index is 1.75. The van der Waals surface area contributed by atoms with Gasteiger partial charge in [-0.15, -0.1) is 11.3 Å². The zero-order valence-electron chi connectivity index (χ0n) is 10.7. The number of carboxylic acids is 1. The van der Waals surface area contributed by atoms with Gasteiger partial charge in [0.2, 0.25) is 0 Å². The van der Waals surface area contributed by atoms with Gasteiger partial charge in [0.1, 0.15) is 0 Å². The summed E-state index contributed by atoms with van der Waals surface area (Å²) in [7, 11) is 2.18. The Morgan fingerprint density at radius 3 is 3.11 bits per heavy atom. The molecule has 1 saturated heterocycles. The van der Waals surface area contributed by atoms with Crippen LogP contribution in [0.15, 0.2) is 11.4 Å². The van der Waals surface area contributed by atoms with Gasteiger partial charge in [-0.3, -0.25) is 0 Å². The average Bonchev–Trinajstić information content (AvgIpc) is 2.80. The molecule has 1 aliphatic rings. The number of hydrogen-bond acceptors (Lipinski definition) is 4. The van der Waals surface area contributed by atoms with E-state index in [1.165, 1.54) is 37.1 Å². The Kier molecular flexibility index (Phi) is 4.74. The molecular weight excluding hydrogens is 248 g/mol. The molecule has 1 atom stereocenters. The highest BCUT2D eigenvalue weighted by molar-refractivity contribution is 7.10. The maximum atomic E-state index is 10.8. The summed E-state index contributed by atoms with van der Waals surface area (Å²) in [5.41, 5.74) is 0.395. The van der Waals surface area contributed by atoms with E-state index in [0.717, 1.165) is 18.0 Å². The Labute approximate surface area is 112 Å². The summed E-state index contributed by atoms with van der Waals surface area (Å²) in [6.07, 6.45) is 3.88. The standard InChI is InChI=1S/C13H20N2O2S/c1-15-5-3-2-4-11(15)7-14-8-12-6-10(9-18-12)13(16)17/h6,9,11,14H,2-5,7-8H2,1H3,(H,16,17). The lowest BCUT2D eigenvalue weighted by Crippen LogP contribution is -2.42. The van der Waals surface area contributed by atoms with Crippen molar-refractivity contribution in [2.75, 3.05) is 20.1 Å². The second kappa shape index (κ2) is 6.31. The summed E-state index contributed by atoms with van der Waals surface area (Å²) < 4.78 is 0. The van der Waals surface area contributed by atoms with E-state index in [0.29, 0.717) is 11.6 Å². The maximum Gasteiger partial charge on any atom is 0.336 e. The fraction of sp³-hybridized carbons (Fsp3) is 0.615. The number of likely N-dealkylation sites (tertiary alicyclic amines) is 1. The number of piperidine rings is 1. The van der Waals surface area contributed by atoms with Crippen molar-refractivity contribution in [1.29, 1.82) is 0 Å². The topological polar surface area (TPSA) is 52.6 Å². The van der Waals surface area contributed by atoms with Crippen molar-refractivity contribution in [2.24, 2.45) is 0 Å². The van der Waals surface area contributed by atoms with Crippen LogP contribution in [0.1, 0.15) is 34.5 Å². The van der Waals surface area contributed by atoms with Crippen molar-refractivity contribution in [2.45, 2.75) is 31.8 Å². The summed E-state index contributed by atoms with van der Waals surface area (Å²) in [5, 5.41) is 14.0. The van der Waals surface area contributed by atoms with Crippen molar-refractivity contribution in [3.8, 4) is 0 Å². The molecule has 0 radical (unpaired) electrons. The van der Waals surface area contributed by atoms with E-state index in [2.05, 4.69) is 17.3 Å². The van der Waals surface area contributed by atoms with Gasteiger partial charge in [0.25, 0.3) is 0 Å². The molecule has 1 fully saturated rings. The van der Waals surface area contributed by atoms with Crippen molar-refractivity contribution in [3.05, 3.63) is 21.9 Å². The van der Waals surface area contributed by atoms with Crippen molar-refractivity contribution in [1.82, 2.24) is 10.2 Å². The van der Waals surface area contributed by atoms with Crippen LogP contribution in [-0.4, -0.2) is 42.2 Å². The minimum absolute atomic E-state index is 0.395. The van der Waals surface area contributed by atoms with E-state index < -0.39 is 5.97 Å². The lowest BCUT2D eigenvalue weighted by atomic mass is 10.0. The number of hydrogen-bond donors (Lipinski definition) is 2. The third kappa shape index (κ3) is 3.54. The monoisotopic (exact) mass is 268 g/mol. The molecule has 18 heavy (non-hydrogen) atoms. The quantitative estimate of drug-likeness (QED) is 0.858. The molecule has 1 aromatic heterocycles. The van der Waals surface area contributed by atoms with Crippen molar-refractivity contribution >= 4 is 17.3 Å². The number of thiophene rings is 1. The lowest BCUT2D eigenvalue weighted by Gasteiger charge is -2.32. The molecule has 0 amide bonds. The van der Waals surface area contributed by atoms with Crippen LogP contribution >= 0.6 is 11.3 Å². The Morgan fingerprint density at radius 1 is 1.61 bits per heavy atom. The molecule has 0 aromatic carbocycles. The summed E-state index contributed by atoms with van der Waals surface area (Å²) in [6.45, 7) is 2.94. The van der Waals surface area contributed by atoms with Crippen LogP contribution in [0.4, 0.5) is 0 Å². The third-order valence-electron chi connectivity index (χ3n) is 3.50. The molecule has 0 aliphatic carbocycles. The first kappa shape index (κ1) is 13.5. The van der Waals surface area contributed by atoms with Gasteiger partial charge in [0.05, 0.1) is 5.56 Å². The van der Waals surface area contributed by atoms with E-state index in [1.807, 2.05) is 0 Å². The number of carbonyl (C=O) groups is 1. The highest BCUT2D eigenvalue weighted by Gasteiger charge is 2.18. The molecule has 4 nitrogen and oxygen atoms in total. The molecule has 2 heterocycles. The molecule has 1 unspecified atom stereocenters. The normalized spacial score (nSPS) is 21.1. The van der Waals surface area contributed by atoms with Gasteiger partial charge in [0.15, 0.2) is 0 Å². The minimum Gasteiger partial charge on any atom is -0.478 e. The summed E-state index contributed by atoms with van der Waals surface area (Å²) in [6, 6.07) is 2.38. The summed E-state index contributed by atoms with van der Waals surface area (Å²) in [5.74, 6) is -0.843. The molecule has 100 valence electrons. The second-order valence-corrected chi connectivity index (χ2v) is 5.86. The minimum atomic E-state index is -0.843. The number of aromatic carboxylic acids is 1. The predicted octanol–water partition coefficient (Wildman–Crippen LogP) is 2.02. The largest absolute Gasteiger partial charge is 0.478 e. The molecule has 0 saturated carbocycles. The smallest absolute Gasteiger partial charge is 0.336 e. The Bertz CT molecular complexity index is 405. The Morgan fingerprint density at radius 2 is 2.44 bits per heavy atom.